The summed E-state index contributed by atoms with van der Waals surface area (Å²) in [5, 5.41) is 0. The number of hydrogen-bond acceptors (Lipinski definition) is 1. The molecule has 16 heavy (non-hydrogen) atoms. The number of hydrogen-bond donors (Lipinski definition) is 0. The second-order valence-electron chi connectivity index (χ2n) is 3.29. The van der Waals surface area contributed by atoms with Gasteiger partial charge in [0.2, 0.25) is 0 Å². The van der Waals surface area contributed by atoms with Crippen LogP contribution in [-0.4, -0.2) is 4.98 Å². The normalized spacial score (nSPS) is 9.19. The van der Waals surface area contributed by atoms with E-state index in [1.54, 1.807) is 6.20 Å². The maximum atomic E-state index is 4.10. The average molecular weight is 213 g/mol. The molecule has 0 aliphatic carbocycles. The van der Waals surface area contributed by atoms with E-state index in [1.807, 2.05) is 26.1 Å². The van der Waals surface area contributed by atoms with Crippen LogP contribution in [0.4, 0.5) is 0 Å². The van der Waals surface area contributed by atoms with Crippen molar-refractivity contribution in [2.45, 2.75) is 27.2 Å². The maximum absolute atomic E-state index is 4.10. The minimum Gasteiger partial charge on any atom is -0.264 e. The fourth-order valence-electron chi connectivity index (χ4n) is 1.47. The van der Waals surface area contributed by atoms with E-state index in [2.05, 4.69) is 42.2 Å². The molecule has 1 nitrogen and oxygen atoms in total. The van der Waals surface area contributed by atoms with Gasteiger partial charge in [0, 0.05) is 12.4 Å². The van der Waals surface area contributed by atoms with E-state index in [-0.39, 0.29) is 0 Å². The highest BCUT2D eigenvalue weighted by Gasteiger charge is 1.95. The summed E-state index contributed by atoms with van der Waals surface area (Å²) in [7, 11) is 0. The summed E-state index contributed by atoms with van der Waals surface area (Å²) in [6.07, 6.45) is 4.78. The number of aromatic nitrogens is 1. The van der Waals surface area contributed by atoms with Crippen molar-refractivity contribution in [2.24, 2.45) is 0 Å². The van der Waals surface area contributed by atoms with E-state index in [9.17, 15) is 0 Å². The summed E-state index contributed by atoms with van der Waals surface area (Å²) >= 11 is 0. The van der Waals surface area contributed by atoms with E-state index in [0.29, 0.717) is 0 Å². The lowest BCUT2D eigenvalue weighted by atomic mass is 10.1. The van der Waals surface area contributed by atoms with Crippen LogP contribution >= 0.6 is 0 Å². The predicted molar refractivity (Wildman–Crippen MR) is 70.4 cm³/mol. The van der Waals surface area contributed by atoms with Crippen molar-refractivity contribution in [1.82, 2.24) is 4.98 Å². The third kappa shape index (κ3) is 3.20. The van der Waals surface area contributed by atoms with Crippen molar-refractivity contribution in [2.75, 3.05) is 0 Å². The summed E-state index contributed by atoms with van der Waals surface area (Å²) in [6, 6.07) is 12.7. The molecule has 2 aromatic rings. The highest BCUT2D eigenvalue weighted by atomic mass is 14.6. The zero-order valence-corrected chi connectivity index (χ0v) is 10.3. The van der Waals surface area contributed by atoms with Gasteiger partial charge in [-0.2, -0.15) is 0 Å². The highest BCUT2D eigenvalue weighted by molar-refractivity contribution is 5.62. The Bertz CT molecular complexity index is 390. The van der Waals surface area contributed by atoms with Gasteiger partial charge in [-0.3, -0.25) is 4.98 Å². The minimum absolute atomic E-state index is 1.09. The van der Waals surface area contributed by atoms with Crippen LogP contribution < -0.4 is 0 Å². The van der Waals surface area contributed by atoms with Crippen LogP contribution in [0.25, 0.3) is 11.1 Å². The molecule has 0 spiro atoms. The third-order valence-corrected chi connectivity index (χ3v) is 2.36. The molecule has 0 N–H and O–H groups in total. The number of aryl methyl sites for hydroxylation is 1. The minimum atomic E-state index is 1.09. The van der Waals surface area contributed by atoms with Crippen LogP contribution in [0.2, 0.25) is 0 Å². The molecule has 0 unspecified atom stereocenters. The van der Waals surface area contributed by atoms with E-state index >= 15 is 0 Å². The molecular weight excluding hydrogens is 194 g/mol. The standard InChI is InChI=1S/C13H13N.C2H6/c1-2-11-5-7-12(8-6-11)13-4-3-9-14-10-13;1-2/h3-10H,2H2,1H3;1-2H3. The third-order valence-electron chi connectivity index (χ3n) is 2.36. The fourth-order valence-corrected chi connectivity index (χ4v) is 1.47. The van der Waals surface area contributed by atoms with Gasteiger partial charge in [0.15, 0.2) is 0 Å². The van der Waals surface area contributed by atoms with Gasteiger partial charge in [-0.05, 0) is 29.2 Å². The zero-order chi connectivity index (χ0) is 11.8. The number of pyridine rings is 1. The Balaban J connectivity index is 0.000000606. The molecule has 0 radical (unpaired) electrons. The summed E-state index contributed by atoms with van der Waals surface area (Å²) in [4.78, 5) is 4.10. The Labute approximate surface area is 98.2 Å². The molecule has 0 fully saturated rings. The molecule has 0 aliphatic rings. The maximum Gasteiger partial charge on any atom is 0.0346 e. The van der Waals surface area contributed by atoms with E-state index in [4.69, 9.17) is 0 Å². The van der Waals surface area contributed by atoms with Crippen molar-refractivity contribution in [1.29, 1.82) is 0 Å². The molecular formula is C15H19N. The van der Waals surface area contributed by atoms with E-state index in [1.165, 1.54) is 16.7 Å². The Hall–Kier alpha value is -1.63. The summed E-state index contributed by atoms with van der Waals surface area (Å²) in [5.74, 6) is 0. The van der Waals surface area contributed by atoms with Gasteiger partial charge in [-0.25, -0.2) is 0 Å². The molecule has 1 heterocycles. The van der Waals surface area contributed by atoms with Gasteiger partial charge in [-0.15, -0.1) is 0 Å². The molecule has 0 saturated carbocycles. The van der Waals surface area contributed by atoms with Crippen LogP contribution in [0.1, 0.15) is 26.3 Å². The fraction of sp³-hybridized carbons (Fsp3) is 0.267. The summed E-state index contributed by atoms with van der Waals surface area (Å²) < 4.78 is 0. The highest BCUT2D eigenvalue weighted by Crippen LogP contribution is 2.18. The zero-order valence-electron chi connectivity index (χ0n) is 10.3. The lowest BCUT2D eigenvalue weighted by Crippen LogP contribution is -1.81. The molecule has 0 bridgehead atoms. The number of rotatable bonds is 2. The van der Waals surface area contributed by atoms with Gasteiger partial charge in [0.25, 0.3) is 0 Å². The Morgan fingerprint density at radius 1 is 0.938 bits per heavy atom. The van der Waals surface area contributed by atoms with E-state index in [0.717, 1.165) is 6.42 Å². The molecule has 0 saturated heterocycles. The number of nitrogens with zero attached hydrogens (tertiary/aromatic N) is 1. The van der Waals surface area contributed by atoms with Crippen molar-refractivity contribution < 1.29 is 0 Å². The first kappa shape index (κ1) is 12.4. The van der Waals surface area contributed by atoms with Crippen LogP contribution in [0.15, 0.2) is 48.8 Å². The van der Waals surface area contributed by atoms with Gasteiger partial charge >= 0.3 is 0 Å². The smallest absolute Gasteiger partial charge is 0.0346 e. The second-order valence-corrected chi connectivity index (χ2v) is 3.29. The van der Waals surface area contributed by atoms with Gasteiger partial charge < -0.3 is 0 Å². The van der Waals surface area contributed by atoms with Crippen LogP contribution in [0.5, 0.6) is 0 Å². The van der Waals surface area contributed by atoms with Crippen molar-refractivity contribution in [3.8, 4) is 11.1 Å². The lowest BCUT2D eigenvalue weighted by molar-refractivity contribution is 1.14. The Morgan fingerprint density at radius 3 is 2.12 bits per heavy atom. The molecule has 0 amide bonds. The van der Waals surface area contributed by atoms with Crippen LogP contribution in [0.3, 0.4) is 0 Å². The van der Waals surface area contributed by atoms with Gasteiger partial charge in [-0.1, -0.05) is 51.1 Å². The largest absolute Gasteiger partial charge is 0.264 e. The molecule has 1 heteroatoms. The summed E-state index contributed by atoms with van der Waals surface area (Å²) in [5.41, 5.74) is 3.78. The van der Waals surface area contributed by atoms with Crippen molar-refractivity contribution >= 4 is 0 Å². The quantitative estimate of drug-likeness (QED) is 0.723. The molecule has 84 valence electrons. The van der Waals surface area contributed by atoms with Crippen molar-refractivity contribution in [3.63, 3.8) is 0 Å². The predicted octanol–water partition coefficient (Wildman–Crippen LogP) is 4.34. The Kier molecular flexibility index (Phi) is 5.27. The first-order chi connectivity index (χ1) is 7.90. The Morgan fingerprint density at radius 2 is 1.62 bits per heavy atom. The molecule has 1 aromatic carbocycles. The molecule has 0 aliphatic heterocycles. The topological polar surface area (TPSA) is 12.9 Å². The van der Waals surface area contributed by atoms with Crippen LogP contribution in [0, 0.1) is 0 Å². The average Bonchev–Trinajstić information content (AvgIpc) is 2.42. The number of benzene rings is 1. The van der Waals surface area contributed by atoms with Gasteiger partial charge in [0.1, 0.15) is 0 Å². The van der Waals surface area contributed by atoms with Gasteiger partial charge in [0.05, 0.1) is 0 Å². The van der Waals surface area contributed by atoms with Crippen LogP contribution in [-0.2, 0) is 6.42 Å². The molecule has 0 atom stereocenters. The van der Waals surface area contributed by atoms with Crippen molar-refractivity contribution in [3.05, 3.63) is 54.4 Å². The second kappa shape index (κ2) is 6.78. The lowest BCUT2D eigenvalue weighted by Gasteiger charge is -2.01. The first-order valence-electron chi connectivity index (χ1n) is 5.89. The SMILES string of the molecule is CC.CCc1ccc(-c2cccnc2)cc1. The monoisotopic (exact) mass is 213 g/mol. The first-order valence-corrected chi connectivity index (χ1v) is 5.89. The van der Waals surface area contributed by atoms with E-state index < -0.39 is 0 Å². The molecule has 2 rings (SSSR count). The molecule has 1 aromatic heterocycles. The summed E-state index contributed by atoms with van der Waals surface area (Å²) in [6.45, 7) is 6.17.